The highest BCUT2D eigenvalue weighted by Gasteiger charge is 2.26. The molecular formula is C25H38N6O3. The van der Waals surface area contributed by atoms with Crippen molar-refractivity contribution in [3.63, 3.8) is 0 Å². The van der Waals surface area contributed by atoms with Crippen molar-refractivity contribution in [3.8, 4) is 0 Å². The summed E-state index contributed by atoms with van der Waals surface area (Å²) in [7, 11) is 1.61. The predicted molar refractivity (Wildman–Crippen MR) is 135 cm³/mol. The standard InChI is InChI=1S/C25H38N6O3/c1-16(2)34-13-7-12-27-25(32)24-29-19-11-10-17(3)14-18(19)23(31-24)30-21-9-6-5-8-20(21)28-22(26)15-33-4/h10-11,14,16,20-21H,5-9,12-13,15H2,1-4H3,(H2,26,28)(H,27,32)(H,29,30,31)/t20-,21+/m1/s1. The Kier molecular flexibility index (Phi) is 9.59. The lowest BCUT2D eigenvalue weighted by molar-refractivity contribution is 0.0756. The van der Waals surface area contributed by atoms with Crippen LogP contribution in [0.4, 0.5) is 5.82 Å². The van der Waals surface area contributed by atoms with Gasteiger partial charge < -0.3 is 25.8 Å². The van der Waals surface area contributed by atoms with Crippen LogP contribution in [0, 0.1) is 6.92 Å². The van der Waals surface area contributed by atoms with Gasteiger partial charge in [0.05, 0.1) is 17.7 Å². The number of anilines is 1. The smallest absolute Gasteiger partial charge is 0.289 e. The fourth-order valence-electron chi connectivity index (χ4n) is 4.13. The molecule has 9 nitrogen and oxygen atoms in total. The van der Waals surface area contributed by atoms with E-state index >= 15 is 0 Å². The van der Waals surface area contributed by atoms with Crippen LogP contribution in [0.2, 0.25) is 0 Å². The van der Waals surface area contributed by atoms with Crippen molar-refractivity contribution in [1.29, 1.82) is 0 Å². The Morgan fingerprint density at radius 2 is 2.06 bits per heavy atom. The Morgan fingerprint density at radius 1 is 1.26 bits per heavy atom. The molecule has 0 bridgehead atoms. The zero-order chi connectivity index (χ0) is 24.5. The number of aromatic nitrogens is 2. The lowest BCUT2D eigenvalue weighted by Gasteiger charge is -2.30. The predicted octanol–water partition coefficient (Wildman–Crippen LogP) is 3.21. The Labute approximate surface area is 201 Å². The van der Waals surface area contributed by atoms with Crippen LogP contribution < -0.4 is 16.4 Å². The van der Waals surface area contributed by atoms with E-state index in [9.17, 15) is 4.79 Å². The SMILES string of the molecule is COCC(N)=N[C@@H]1CCCC[C@@H]1Nc1nc(C(=O)NCCCOC(C)C)nc2ccc(C)cc12. The molecule has 0 spiro atoms. The second-order valence-electron chi connectivity index (χ2n) is 9.10. The zero-order valence-electron chi connectivity index (χ0n) is 20.8. The lowest BCUT2D eigenvalue weighted by Crippen LogP contribution is -2.38. The number of hydrogen-bond donors (Lipinski definition) is 3. The molecule has 0 unspecified atom stereocenters. The minimum absolute atomic E-state index is 0.0250. The Morgan fingerprint density at radius 3 is 2.82 bits per heavy atom. The molecule has 1 amide bonds. The number of fused-ring (bicyclic) bond motifs is 1. The van der Waals surface area contributed by atoms with Crippen LogP contribution in [0.25, 0.3) is 10.9 Å². The normalized spacial score (nSPS) is 18.9. The number of amidine groups is 1. The number of nitrogens with one attached hydrogen (secondary N) is 2. The molecule has 1 aliphatic rings. The van der Waals surface area contributed by atoms with Crippen LogP contribution in [0.15, 0.2) is 23.2 Å². The summed E-state index contributed by atoms with van der Waals surface area (Å²) in [5.74, 6) is 1.00. The number of hydrogen-bond acceptors (Lipinski definition) is 7. The van der Waals surface area contributed by atoms with Crippen molar-refractivity contribution in [2.45, 2.75) is 71.1 Å². The van der Waals surface area contributed by atoms with Gasteiger partial charge in [-0.3, -0.25) is 9.79 Å². The molecule has 2 aromatic rings. The molecule has 3 rings (SSSR count). The van der Waals surface area contributed by atoms with Crippen LogP contribution in [-0.2, 0) is 9.47 Å². The third kappa shape index (κ3) is 7.36. The van der Waals surface area contributed by atoms with Crippen molar-refractivity contribution < 1.29 is 14.3 Å². The monoisotopic (exact) mass is 470 g/mol. The number of aliphatic imine (C=N–C) groups is 1. The number of aryl methyl sites for hydroxylation is 1. The first-order chi connectivity index (χ1) is 16.4. The van der Waals surface area contributed by atoms with Crippen molar-refractivity contribution in [2.75, 3.05) is 32.2 Å². The molecular weight excluding hydrogens is 432 g/mol. The van der Waals surface area contributed by atoms with Crippen LogP contribution in [0.1, 0.15) is 62.1 Å². The van der Waals surface area contributed by atoms with Gasteiger partial charge in [0.25, 0.3) is 5.91 Å². The minimum Gasteiger partial charge on any atom is -0.386 e. The van der Waals surface area contributed by atoms with E-state index in [0.29, 0.717) is 31.4 Å². The number of benzene rings is 1. The van der Waals surface area contributed by atoms with Gasteiger partial charge in [-0.2, -0.15) is 0 Å². The minimum atomic E-state index is -0.294. The summed E-state index contributed by atoms with van der Waals surface area (Å²) in [6.07, 6.45) is 4.99. The first-order valence-corrected chi connectivity index (χ1v) is 12.1. The maximum absolute atomic E-state index is 12.8. The number of rotatable bonds is 11. The number of carbonyl (C=O) groups excluding carboxylic acids is 1. The Balaban J connectivity index is 1.81. The molecule has 1 aromatic carbocycles. The molecule has 1 aliphatic carbocycles. The first kappa shape index (κ1) is 25.8. The van der Waals surface area contributed by atoms with Gasteiger partial charge >= 0.3 is 0 Å². The van der Waals surface area contributed by atoms with E-state index in [0.717, 1.165) is 48.6 Å². The van der Waals surface area contributed by atoms with Gasteiger partial charge in [-0.25, -0.2) is 9.97 Å². The molecule has 9 heteroatoms. The number of amides is 1. The number of ether oxygens (including phenoxy) is 2. The second-order valence-corrected chi connectivity index (χ2v) is 9.10. The topological polar surface area (TPSA) is 124 Å². The Hall–Kier alpha value is -2.78. The highest BCUT2D eigenvalue weighted by molar-refractivity contribution is 5.96. The van der Waals surface area contributed by atoms with E-state index in [1.165, 1.54) is 0 Å². The van der Waals surface area contributed by atoms with Crippen molar-refractivity contribution in [2.24, 2.45) is 10.7 Å². The Bertz CT molecular complexity index is 994. The summed E-state index contributed by atoms with van der Waals surface area (Å²) in [5, 5.41) is 7.37. The third-order valence-corrected chi connectivity index (χ3v) is 5.79. The summed E-state index contributed by atoms with van der Waals surface area (Å²) in [6.45, 7) is 7.42. The summed E-state index contributed by atoms with van der Waals surface area (Å²) < 4.78 is 10.7. The summed E-state index contributed by atoms with van der Waals surface area (Å²) >= 11 is 0. The van der Waals surface area contributed by atoms with E-state index < -0.39 is 0 Å². The largest absolute Gasteiger partial charge is 0.386 e. The van der Waals surface area contributed by atoms with Crippen molar-refractivity contribution >= 4 is 28.5 Å². The highest BCUT2D eigenvalue weighted by atomic mass is 16.5. The average Bonchev–Trinajstić information content (AvgIpc) is 2.80. The lowest BCUT2D eigenvalue weighted by atomic mass is 9.90. The number of nitrogens with zero attached hydrogens (tertiary/aromatic N) is 3. The second kappa shape index (κ2) is 12.6. The third-order valence-electron chi connectivity index (χ3n) is 5.79. The van der Waals surface area contributed by atoms with E-state index in [1.807, 2.05) is 39.0 Å². The van der Waals surface area contributed by atoms with E-state index in [2.05, 4.69) is 20.6 Å². The maximum Gasteiger partial charge on any atom is 0.289 e. The van der Waals surface area contributed by atoms with Crippen LogP contribution in [-0.4, -0.2) is 66.8 Å². The highest BCUT2D eigenvalue weighted by Crippen LogP contribution is 2.28. The van der Waals surface area contributed by atoms with Gasteiger partial charge in [-0.05, 0) is 52.2 Å². The fraction of sp³-hybridized carbons (Fsp3) is 0.600. The van der Waals surface area contributed by atoms with Crippen LogP contribution in [0.3, 0.4) is 0 Å². The molecule has 0 aliphatic heterocycles. The van der Waals surface area contributed by atoms with Crippen LogP contribution >= 0.6 is 0 Å². The number of methoxy groups -OCH3 is 1. The molecule has 0 saturated heterocycles. The first-order valence-electron chi connectivity index (χ1n) is 12.1. The number of carbonyl (C=O) groups is 1. The van der Waals surface area contributed by atoms with Gasteiger partial charge in [0.1, 0.15) is 18.3 Å². The molecule has 0 radical (unpaired) electrons. The summed E-state index contributed by atoms with van der Waals surface area (Å²) in [6, 6.07) is 6.05. The number of nitrogens with two attached hydrogens (primary N) is 1. The molecule has 4 N–H and O–H groups in total. The summed E-state index contributed by atoms with van der Waals surface area (Å²) in [5.41, 5.74) is 7.87. The molecule has 186 valence electrons. The summed E-state index contributed by atoms with van der Waals surface area (Å²) in [4.78, 5) is 26.7. The molecule has 34 heavy (non-hydrogen) atoms. The van der Waals surface area contributed by atoms with E-state index in [1.54, 1.807) is 7.11 Å². The zero-order valence-corrected chi connectivity index (χ0v) is 20.8. The van der Waals surface area contributed by atoms with Crippen LogP contribution in [0.5, 0.6) is 0 Å². The average molecular weight is 471 g/mol. The molecule has 2 atom stereocenters. The molecule has 1 saturated carbocycles. The van der Waals surface area contributed by atoms with Crippen molar-refractivity contribution in [3.05, 3.63) is 29.6 Å². The van der Waals surface area contributed by atoms with Gasteiger partial charge in [-0.15, -0.1) is 0 Å². The van der Waals surface area contributed by atoms with Gasteiger partial charge in [-0.1, -0.05) is 24.5 Å². The van der Waals surface area contributed by atoms with Gasteiger partial charge in [0.15, 0.2) is 0 Å². The molecule has 1 heterocycles. The maximum atomic E-state index is 12.8. The quantitative estimate of drug-likeness (QED) is 0.262. The fourth-order valence-corrected chi connectivity index (χ4v) is 4.13. The van der Waals surface area contributed by atoms with Gasteiger partial charge in [0, 0.05) is 31.7 Å². The van der Waals surface area contributed by atoms with Gasteiger partial charge in [0.2, 0.25) is 5.82 Å². The van der Waals surface area contributed by atoms with Crippen molar-refractivity contribution in [1.82, 2.24) is 15.3 Å². The molecule has 1 aromatic heterocycles. The molecule has 1 fully saturated rings. The van der Waals surface area contributed by atoms with E-state index in [-0.39, 0.29) is 29.9 Å². The van der Waals surface area contributed by atoms with E-state index in [4.69, 9.17) is 20.2 Å².